The Morgan fingerprint density at radius 3 is 2.25 bits per heavy atom. The van der Waals surface area contributed by atoms with E-state index in [1.165, 1.54) is 42.5 Å². The Morgan fingerprint density at radius 2 is 1.59 bits per heavy atom. The van der Waals surface area contributed by atoms with E-state index in [0.717, 1.165) is 12.1 Å². The first-order valence-electron chi connectivity index (χ1n) is 9.08. The molecular weight excluding hydrogens is 465 g/mol. The van der Waals surface area contributed by atoms with Gasteiger partial charge in [0.1, 0.15) is 0 Å². The highest BCUT2D eigenvalue weighted by atomic mass is 35.5. The van der Waals surface area contributed by atoms with Gasteiger partial charge >= 0.3 is 6.18 Å². The molecule has 0 aliphatic heterocycles. The van der Waals surface area contributed by atoms with E-state index in [0.29, 0.717) is 22.3 Å². The highest BCUT2D eigenvalue weighted by Crippen LogP contribution is 2.31. The van der Waals surface area contributed by atoms with Crippen LogP contribution in [-0.4, -0.2) is 14.3 Å². The second kappa shape index (κ2) is 9.46. The Bertz CT molecular complexity index is 1260. The van der Waals surface area contributed by atoms with Crippen LogP contribution in [0.2, 0.25) is 5.02 Å². The van der Waals surface area contributed by atoms with Crippen LogP contribution in [0.5, 0.6) is 0 Å². The molecular formula is C22H16ClF3N2O3S. The molecule has 0 saturated heterocycles. The predicted octanol–water partition coefficient (Wildman–Crippen LogP) is 5.81. The van der Waals surface area contributed by atoms with Crippen molar-refractivity contribution in [2.24, 2.45) is 0 Å². The molecule has 0 fully saturated rings. The summed E-state index contributed by atoms with van der Waals surface area (Å²) < 4.78 is 65.5. The van der Waals surface area contributed by atoms with Gasteiger partial charge in [0.05, 0.1) is 10.5 Å². The SMILES string of the molecule is O=C(/C=C/c1ccccc1Cl)Nc1ccc(S(=O)(=O)Nc2cccc(C(F)(F)F)c2)cc1. The number of amides is 1. The van der Waals surface area contributed by atoms with Gasteiger partial charge in [-0.3, -0.25) is 9.52 Å². The first-order valence-corrected chi connectivity index (χ1v) is 10.9. The molecule has 0 spiro atoms. The number of benzene rings is 3. The Balaban J connectivity index is 1.68. The molecule has 0 heterocycles. The van der Waals surface area contributed by atoms with Gasteiger partial charge in [0.2, 0.25) is 5.91 Å². The molecule has 3 aromatic rings. The molecule has 1 amide bonds. The average Bonchev–Trinajstić information content (AvgIpc) is 2.73. The number of sulfonamides is 1. The lowest BCUT2D eigenvalue weighted by molar-refractivity contribution is -0.137. The maximum atomic E-state index is 12.8. The minimum Gasteiger partial charge on any atom is -0.323 e. The van der Waals surface area contributed by atoms with Crippen LogP contribution in [0.25, 0.3) is 6.08 Å². The molecule has 2 N–H and O–H groups in total. The van der Waals surface area contributed by atoms with Gasteiger partial charge in [0, 0.05) is 22.5 Å². The number of rotatable bonds is 6. The number of anilines is 2. The maximum absolute atomic E-state index is 12.8. The molecule has 0 atom stereocenters. The summed E-state index contributed by atoms with van der Waals surface area (Å²) >= 11 is 6.02. The van der Waals surface area contributed by atoms with Crippen LogP contribution in [0, 0.1) is 0 Å². The van der Waals surface area contributed by atoms with Crippen LogP contribution in [0.3, 0.4) is 0 Å². The zero-order chi connectivity index (χ0) is 23.4. The second-order valence-electron chi connectivity index (χ2n) is 6.55. The van der Waals surface area contributed by atoms with Crippen molar-refractivity contribution < 1.29 is 26.4 Å². The van der Waals surface area contributed by atoms with Crippen LogP contribution in [0.4, 0.5) is 24.5 Å². The van der Waals surface area contributed by atoms with Gasteiger partial charge in [0.25, 0.3) is 10.0 Å². The van der Waals surface area contributed by atoms with Crippen LogP contribution in [0.1, 0.15) is 11.1 Å². The van der Waals surface area contributed by atoms with Crippen molar-refractivity contribution >= 4 is 45.0 Å². The summed E-state index contributed by atoms with van der Waals surface area (Å²) in [5.41, 5.74) is -0.203. The fourth-order valence-corrected chi connectivity index (χ4v) is 3.90. The number of halogens is 4. The van der Waals surface area contributed by atoms with Gasteiger partial charge in [-0.15, -0.1) is 0 Å². The number of carbonyl (C=O) groups excluding carboxylic acids is 1. The van der Waals surface area contributed by atoms with E-state index in [1.54, 1.807) is 24.3 Å². The summed E-state index contributed by atoms with van der Waals surface area (Å²) in [6.07, 6.45) is -1.78. The Hall–Kier alpha value is -3.30. The molecule has 0 unspecified atom stereocenters. The lowest BCUT2D eigenvalue weighted by atomic mass is 10.2. The monoisotopic (exact) mass is 480 g/mol. The van der Waals surface area contributed by atoms with Gasteiger partial charge in [0.15, 0.2) is 0 Å². The third-order valence-corrected chi connectivity index (χ3v) is 5.94. The fourth-order valence-electron chi connectivity index (χ4n) is 2.65. The lowest BCUT2D eigenvalue weighted by Crippen LogP contribution is -2.14. The van der Waals surface area contributed by atoms with Gasteiger partial charge < -0.3 is 5.32 Å². The number of alkyl halides is 3. The normalized spacial score (nSPS) is 12.0. The number of hydrogen-bond acceptors (Lipinski definition) is 3. The molecule has 0 bridgehead atoms. The predicted molar refractivity (Wildman–Crippen MR) is 118 cm³/mol. The molecule has 3 aromatic carbocycles. The fraction of sp³-hybridized carbons (Fsp3) is 0.0455. The molecule has 166 valence electrons. The minimum atomic E-state index is -4.60. The van der Waals surface area contributed by atoms with E-state index < -0.39 is 27.7 Å². The maximum Gasteiger partial charge on any atom is 0.416 e. The van der Waals surface area contributed by atoms with E-state index in [4.69, 9.17) is 11.6 Å². The summed E-state index contributed by atoms with van der Waals surface area (Å²) in [6.45, 7) is 0. The van der Waals surface area contributed by atoms with Crippen molar-refractivity contribution in [3.8, 4) is 0 Å². The van der Waals surface area contributed by atoms with Crippen molar-refractivity contribution in [2.75, 3.05) is 10.0 Å². The third-order valence-electron chi connectivity index (χ3n) is 4.19. The van der Waals surface area contributed by atoms with Gasteiger partial charge in [-0.1, -0.05) is 35.9 Å². The quantitative estimate of drug-likeness (QED) is 0.437. The van der Waals surface area contributed by atoms with E-state index in [9.17, 15) is 26.4 Å². The van der Waals surface area contributed by atoms with Crippen molar-refractivity contribution in [3.05, 3.63) is 95.0 Å². The smallest absolute Gasteiger partial charge is 0.323 e. The van der Waals surface area contributed by atoms with Gasteiger partial charge in [-0.25, -0.2) is 8.42 Å². The molecule has 0 aromatic heterocycles. The van der Waals surface area contributed by atoms with E-state index in [1.807, 2.05) is 0 Å². The van der Waals surface area contributed by atoms with Gasteiger partial charge in [-0.2, -0.15) is 13.2 Å². The second-order valence-corrected chi connectivity index (χ2v) is 8.64. The molecule has 0 aliphatic rings. The van der Waals surface area contributed by atoms with Crippen LogP contribution >= 0.6 is 11.6 Å². The first kappa shape index (κ1) is 23.4. The van der Waals surface area contributed by atoms with Crippen LogP contribution < -0.4 is 10.0 Å². The van der Waals surface area contributed by atoms with Crippen LogP contribution in [0.15, 0.2) is 83.8 Å². The molecule has 5 nitrogen and oxygen atoms in total. The molecule has 3 rings (SSSR count). The Labute approximate surface area is 187 Å². The molecule has 0 aliphatic carbocycles. The Kier molecular flexibility index (Phi) is 6.90. The van der Waals surface area contributed by atoms with Crippen molar-refractivity contribution in [1.29, 1.82) is 0 Å². The number of carbonyl (C=O) groups is 1. The Morgan fingerprint density at radius 1 is 0.906 bits per heavy atom. The largest absolute Gasteiger partial charge is 0.416 e. The molecule has 0 saturated carbocycles. The number of nitrogens with one attached hydrogen (secondary N) is 2. The first-order chi connectivity index (χ1) is 15.0. The summed E-state index contributed by atoms with van der Waals surface area (Å²) in [5.74, 6) is -0.456. The van der Waals surface area contributed by atoms with E-state index >= 15 is 0 Å². The summed E-state index contributed by atoms with van der Waals surface area (Å²) in [5, 5.41) is 3.06. The molecule has 0 radical (unpaired) electrons. The topological polar surface area (TPSA) is 75.3 Å². The number of hydrogen-bond donors (Lipinski definition) is 2. The third kappa shape index (κ3) is 6.12. The summed E-state index contributed by atoms with van der Waals surface area (Å²) in [4.78, 5) is 11.9. The standard InChI is InChI=1S/C22H16ClF3N2O3S/c23-20-7-2-1-4-15(20)8-13-21(29)27-17-9-11-19(12-10-17)32(30,31)28-18-6-3-5-16(14-18)22(24,25)26/h1-14,28H,(H,27,29)/b13-8+. The van der Waals surface area contributed by atoms with Crippen molar-refractivity contribution in [2.45, 2.75) is 11.1 Å². The average molecular weight is 481 g/mol. The van der Waals surface area contributed by atoms with Crippen molar-refractivity contribution in [3.63, 3.8) is 0 Å². The summed E-state index contributed by atoms with van der Waals surface area (Å²) in [6, 6.07) is 16.0. The van der Waals surface area contributed by atoms with Crippen molar-refractivity contribution in [1.82, 2.24) is 0 Å². The van der Waals surface area contributed by atoms with Gasteiger partial charge in [-0.05, 0) is 60.2 Å². The highest BCUT2D eigenvalue weighted by Gasteiger charge is 2.30. The molecule has 32 heavy (non-hydrogen) atoms. The van der Waals surface area contributed by atoms with E-state index in [-0.39, 0.29) is 10.6 Å². The molecule has 10 heteroatoms. The lowest BCUT2D eigenvalue weighted by Gasteiger charge is -2.11. The van der Waals surface area contributed by atoms with E-state index in [2.05, 4.69) is 10.0 Å². The highest BCUT2D eigenvalue weighted by molar-refractivity contribution is 7.92. The minimum absolute atomic E-state index is 0.181. The van der Waals surface area contributed by atoms with Crippen LogP contribution in [-0.2, 0) is 21.0 Å². The summed E-state index contributed by atoms with van der Waals surface area (Å²) in [7, 11) is -4.13. The zero-order valence-corrected chi connectivity index (χ0v) is 17.8. The zero-order valence-electron chi connectivity index (χ0n) is 16.2.